The van der Waals surface area contributed by atoms with Gasteiger partial charge >= 0.3 is 12.0 Å². The van der Waals surface area contributed by atoms with Crippen LogP contribution < -0.4 is 0 Å². The molecule has 0 unspecified atom stereocenters. The van der Waals surface area contributed by atoms with Crippen LogP contribution in [0, 0.1) is 11.3 Å². The Bertz CT molecular complexity index is 622. The summed E-state index contributed by atoms with van der Waals surface area (Å²) < 4.78 is 0. The van der Waals surface area contributed by atoms with Gasteiger partial charge in [0, 0.05) is 71.0 Å². The Hall–Kier alpha value is -2.15. The molecule has 0 aromatic carbocycles. The number of likely N-dealkylation sites (tertiary alicyclic amines) is 2. The van der Waals surface area contributed by atoms with Gasteiger partial charge in [0.05, 0.1) is 0 Å². The van der Waals surface area contributed by atoms with E-state index in [4.69, 9.17) is 0 Å². The third-order valence-electron chi connectivity index (χ3n) is 5.17. The van der Waals surface area contributed by atoms with E-state index in [0.717, 1.165) is 25.2 Å². The Morgan fingerprint density at radius 1 is 1.33 bits per heavy atom. The number of nitrogens with zero attached hydrogens (tertiary/aromatic N) is 4. The molecule has 24 heavy (non-hydrogen) atoms. The molecule has 0 radical (unpaired) electrons. The predicted octanol–water partition coefficient (Wildman–Crippen LogP) is 0.624. The topological polar surface area (TPSA) is 77.0 Å². The van der Waals surface area contributed by atoms with Crippen molar-refractivity contribution in [3.63, 3.8) is 0 Å². The lowest BCUT2D eigenvalue weighted by molar-refractivity contribution is -0.148. The summed E-state index contributed by atoms with van der Waals surface area (Å²) in [5, 5.41) is 9.82. The number of aromatic nitrogens is 1. The minimum atomic E-state index is -0.838. The molecule has 7 heteroatoms. The Balaban J connectivity index is 1.65. The normalized spacial score (nSPS) is 26.4. The molecule has 2 aliphatic rings. The first-order valence-corrected chi connectivity index (χ1v) is 8.24. The molecule has 1 aromatic heterocycles. The molecule has 3 rings (SSSR count). The molecule has 3 heterocycles. The molecule has 0 saturated carbocycles. The maximum absolute atomic E-state index is 12.2. The van der Waals surface area contributed by atoms with Crippen LogP contribution in [0.4, 0.5) is 4.79 Å². The van der Waals surface area contributed by atoms with Crippen LogP contribution in [0.3, 0.4) is 0 Å². The van der Waals surface area contributed by atoms with Crippen LogP contribution in [-0.4, -0.2) is 83.6 Å². The van der Waals surface area contributed by atoms with Gasteiger partial charge in [-0.15, -0.1) is 0 Å². The molecule has 2 atom stereocenters. The number of carboxylic acid groups (broad SMARTS) is 1. The quantitative estimate of drug-likeness (QED) is 0.875. The van der Waals surface area contributed by atoms with Gasteiger partial charge in [-0.2, -0.15) is 0 Å². The van der Waals surface area contributed by atoms with E-state index in [-0.39, 0.29) is 11.9 Å². The van der Waals surface area contributed by atoms with Gasteiger partial charge < -0.3 is 19.8 Å². The van der Waals surface area contributed by atoms with Crippen LogP contribution in [0.15, 0.2) is 24.4 Å². The van der Waals surface area contributed by atoms with E-state index in [2.05, 4.69) is 9.88 Å². The average molecular weight is 332 g/mol. The largest absolute Gasteiger partial charge is 0.481 e. The number of hydrogen-bond acceptors (Lipinski definition) is 4. The first-order valence-electron chi connectivity index (χ1n) is 8.24. The summed E-state index contributed by atoms with van der Waals surface area (Å²) in [6.45, 7) is 2.82. The zero-order valence-electron chi connectivity index (χ0n) is 14.2. The molecule has 1 N–H and O–H groups in total. The van der Waals surface area contributed by atoms with Crippen molar-refractivity contribution < 1.29 is 14.7 Å². The molecule has 2 saturated heterocycles. The standard InChI is InChI=1S/C17H24N4O3/c1-19(2)16(24)21-10-13-9-20(11-17(13,12-21)15(22)23)8-6-14-5-3-4-7-18-14/h3-5,7,13H,6,8-12H2,1-2H3,(H,22,23)/t13-,17-/m0/s1. The van der Waals surface area contributed by atoms with E-state index in [1.165, 1.54) is 4.90 Å². The molecule has 0 aliphatic carbocycles. The number of urea groups is 1. The number of carboxylic acids is 1. The third kappa shape index (κ3) is 2.96. The predicted molar refractivity (Wildman–Crippen MR) is 88.6 cm³/mol. The number of pyridine rings is 1. The molecule has 130 valence electrons. The summed E-state index contributed by atoms with van der Waals surface area (Å²) in [5.41, 5.74) is 0.179. The van der Waals surface area contributed by atoms with Crippen LogP contribution >= 0.6 is 0 Å². The van der Waals surface area contributed by atoms with Crippen molar-refractivity contribution >= 4 is 12.0 Å². The highest BCUT2D eigenvalue weighted by Gasteiger charge is 2.58. The lowest BCUT2D eigenvalue weighted by Crippen LogP contribution is -2.44. The number of rotatable bonds is 4. The number of carbonyl (C=O) groups is 2. The van der Waals surface area contributed by atoms with Gasteiger partial charge in [-0.25, -0.2) is 4.79 Å². The smallest absolute Gasteiger partial charge is 0.319 e. The second kappa shape index (κ2) is 6.39. The van der Waals surface area contributed by atoms with E-state index < -0.39 is 11.4 Å². The average Bonchev–Trinajstić information content (AvgIpc) is 3.08. The summed E-state index contributed by atoms with van der Waals surface area (Å²) in [5.74, 6) is -0.801. The fraction of sp³-hybridized carbons (Fsp3) is 0.588. The van der Waals surface area contributed by atoms with Gasteiger partial charge in [0.2, 0.25) is 0 Å². The summed E-state index contributed by atoms with van der Waals surface area (Å²) in [7, 11) is 3.39. The Morgan fingerprint density at radius 3 is 2.71 bits per heavy atom. The molecular weight excluding hydrogens is 308 g/mol. The van der Waals surface area contributed by atoms with Crippen molar-refractivity contribution in [2.45, 2.75) is 6.42 Å². The third-order valence-corrected chi connectivity index (χ3v) is 5.17. The summed E-state index contributed by atoms with van der Waals surface area (Å²) in [6, 6.07) is 5.73. The lowest BCUT2D eigenvalue weighted by atomic mass is 9.81. The van der Waals surface area contributed by atoms with E-state index >= 15 is 0 Å². The van der Waals surface area contributed by atoms with Crippen molar-refractivity contribution in [2.24, 2.45) is 11.3 Å². The SMILES string of the molecule is CN(C)C(=O)N1C[C@@H]2CN(CCc3ccccn3)C[C@]2(C(=O)O)C1. The fourth-order valence-electron chi connectivity index (χ4n) is 3.89. The monoisotopic (exact) mass is 332 g/mol. The Kier molecular flexibility index (Phi) is 4.45. The fourth-order valence-corrected chi connectivity index (χ4v) is 3.89. The van der Waals surface area contributed by atoms with Crippen LogP contribution in [0.1, 0.15) is 5.69 Å². The number of aliphatic carboxylic acids is 1. The van der Waals surface area contributed by atoms with E-state index in [1.54, 1.807) is 25.2 Å². The van der Waals surface area contributed by atoms with Crippen molar-refractivity contribution in [3.05, 3.63) is 30.1 Å². The summed E-state index contributed by atoms with van der Waals surface area (Å²) in [6.07, 6.45) is 2.58. The minimum Gasteiger partial charge on any atom is -0.481 e. The molecule has 2 fully saturated rings. The molecule has 1 aromatic rings. The van der Waals surface area contributed by atoms with Gasteiger partial charge in [0.15, 0.2) is 0 Å². The Labute approximate surface area is 141 Å². The lowest BCUT2D eigenvalue weighted by Gasteiger charge is -2.27. The van der Waals surface area contributed by atoms with E-state index in [1.807, 2.05) is 18.2 Å². The number of carbonyl (C=O) groups excluding carboxylic acids is 1. The van der Waals surface area contributed by atoms with Crippen molar-refractivity contribution in [1.29, 1.82) is 0 Å². The molecule has 2 aliphatic heterocycles. The number of hydrogen-bond donors (Lipinski definition) is 1. The first kappa shape index (κ1) is 16.7. The second-order valence-corrected chi connectivity index (χ2v) is 7.02. The number of amides is 2. The zero-order valence-corrected chi connectivity index (χ0v) is 14.2. The minimum absolute atomic E-state index is 0.0115. The highest BCUT2D eigenvalue weighted by Crippen LogP contribution is 2.43. The van der Waals surface area contributed by atoms with Gasteiger partial charge in [-0.1, -0.05) is 6.07 Å². The van der Waals surface area contributed by atoms with Crippen LogP contribution in [0.25, 0.3) is 0 Å². The van der Waals surface area contributed by atoms with E-state index in [0.29, 0.717) is 19.6 Å². The second-order valence-electron chi connectivity index (χ2n) is 7.02. The van der Waals surface area contributed by atoms with Gasteiger partial charge in [-0.05, 0) is 12.1 Å². The summed E-state index contributed by atoms with van der Waals surface area (Å²) in [4.78, 5) is 33.8. The van der Waals surface area contributed by atoms with Gasteiger partial charge in [0.25, 0.3) is 0 Å². The Morgan fingerprint density at radius 2 is 2.12 bits per heavy atom. The highest BCUT2D eigenvalue weighted by molar-refractivity contribution is 5.80. The van der Waals surface area contributed by atoms with Crippen molar-refractivity contribution in [2.75, 3.05) is 46.8 Å². The number of fused-ring (bicyclic) bond motifs is 1. The highest BCUT2D eigenvalue weighted by atomic mass is 16.4. The van der Waals surface area contributed by atoms with Crippen LogP contribution in [0.2, 0.25) is 0 Å². The van der Waals surface area contributed by atoms with Crippen molar-refractivity contribution in [3.8, 4) is 0 Å². The zero-order chi connectivity index (χ0) is 17.3. The maximum Gasteiger partial charge on any atom is 0.319 e. The first-order chi connectivity index (χ1) is 11.4. The maximum atomic E-state index is 12.2. The van der Waals surface area contributed by atoms with Crippen molar-refractivity contribution in [1.82, 2.24) is 19.7 Å². The molecule has 2 amide bonds. The molecule has 7 nitrogen and oxygen atoms in total. The molecule has 0 bridgehead atoms. The van der Waals surface area contributed by atoms with Crippen LogP contribution in [0.5, 0.6) is 0 Å². The molecular formula is C17H24N4O3. The molecule has 0 spiro atoms. The van der Waals surface area contributed by atoms with Gasteiger partial charge in [-0.3, -0.25) is 9.78 Å². The van der Waals surface area contributed by atoms with Crippen LogP contribution in [-0.2, 0) is 11.2 Å². The van der Waals surface area contributed by atoms with Gasteiger partial charge in [0.1, 0.15) is 5.41 Å². The summed E-state index contributed by atoms with van der Waals surface area (Å²) >= 11 is 0. The van der Waals surface area contributed by atoms with E-state index in [9.17, 15) is 14.7 Å².